The monoisotopic (exact) mass is 474 g/mol. The van der Waals surface area contributed by atoms with Crippen LogP contribution in [0.2, 0.25) is 5.02 Å². The van der Waals surface area contributed by atoms with Crippen molar-refractivity contribution >= 4 is 60.4 Å². The molecule has 0 radical (unpaired) electrons. The molecule has 0 unspecified atom stereocenters. The molecule has 0 aliphatic carbocycles. The number of H-pyrrole nitrogens is 1. The fourth-order valence-corrected chi connectivity index (χ4v) is 4.47. The SMILES string of the molecule is Cc1[nH]n(-c2ccc(Br)c(C)c2C)c(=O)c1C=Nc1nc2ccc(Cl)cc2s1. The maximum atomic E-state index is 13.0. The lowest BCUT2D eigenvalue weighted by atomic mass is 10.1. The molecule has 142 valence electrons. The first-order chi connectivity index (χ1) is 13.3. The van der Waals surface area contributed by atoms with E-state index < -0.39 is 0 Å². The Morgan fingerprint density at radius 2 is 2.00 bits per heavy atom. The number of nitrogens with one attached hydrogen (secondary N) is 1. The van der Waals surface area contributed by atoms with Crippen molar-refractivity contribution in [3.05, 3.63) is 72.6 Å². The van der Waals surface area contributed by atoms with Gasteiger partial charge in [0.05, 0.1) is 21.5 Å². The van der Waals surface area contributed by atoms with E-state index in [0.717, 1.165) is 37.2 Å². The van der Waals surface area contributed by atoms with Gasteiger partial charge in [-0.2, -0.15) is 0 Å². The van der Waals surface area contributed by atoms with Gasteiger partial charge < -0.3 is 0 Å². The summed E-state index contributed by atoms with van der Waals surface area (Å²) in [7, 11) is 0. The van der Waals surface area contributed by atoms with E-state index in [-0.39, 0.29) is 5.56 Å². The van der Waals surface area contributed by atoms with Gasteiger partial charge in [-0.1, -0.05) is 38.9 Å². The second kappa shape index (κ2) is 7.31. The van der Waals surface area contributed by atoms with E-state index in [0.29, 0.717) is 15.7 Å². The summed E-state index contributed by atoms with van der Waals surface area (Å²) in [5.41, 5.74) is 4.91. The molecule has 28 heavy (non-hydrogen) atoms. The molecule has 8 heteroatoms. The van der Waals surface area contributed by atoms with Gasteiger partial charge in [0.15, 0.2) is 0 Å². The van der Waals surface area contributed by atoms with Gasteiger partial charge in [-0.25, -0.2) is 14.7 Å². The van der Waals surface area contributed by atoms with E-state index in [1.54, 1.807) is 17.0 Å². The summed E-state index contributed by atoms with van der Waals surface area (Å²) in [6.07, 6.45) is 1.57. The highest BCUT2D eigenvalue weighted by Gasteiger charge is 2.14. The van der Waals surface area contributed by atoms with Crippen LogP contribution in [0.25, 0.3) is 15.9 Å². The van der Waals surface area contributed by atoms with Crippen LogP contribution in [0.1, 0.15) is 22.4 Å². The maximum Gasteiger partial charge on any atom is 0.280 e. The Bertz CT molecular complexity index is 1300. The quantitative estimate of drug-likeness (QED) is 0.377. The summed E-state index contributed by atoms with van der Waals surface area (Å²) in [5.74, 6) is 0. The summed E-state index contributed by atoms with van der Waals surface area (Å²) < 4.78 is 3.54. The molecule has 0 fully saturated rings. The van der Waals surface area contributed by atoms with Crippen LogP contribution in [0.5, 0.6) is 0 Å². The lowest BCUT2D eigenvalue weighted by molar-refractivity contribution is 0.827. The molecule has 0 aliphatic rings. The minimum Gasteiger partial charge on any atom is -0.295 e. The Kier molecular flexibility index (Phi) is 4.99. The standard InChI is InChI=1S/C20H16BrClN4OS/c1-10-11(2)17(7-5-15(10)21)26-19(27)14(12(3)25-26)9-23-20-24-16-6-4-13(22)8-18(16)28-20/h4-9,25H,1-3H3. The van der Waals surface area contributed by atoms with E-state index in [1.807, 2.05) is 45.0 Å². The first-order valence-corrected chi connectivity index (χ1v) is 10.5. The Morgan fingerprint density at radius 1 is 1.21 bits per heavy atom. The van der Waals surface area contributed by atoms with Crippen LogP contribution in [-0.4, -0.2) is 21.0 Å². The fraction of sp³-hybridized carbons (Fsp3) is 0.150. The smallest absolute Gasteiger partial charge is 0.280 e. The highest BCUT2D eigenvalue weighted by atomic mass is 79.9. The lowest BCUT2D eigenvalue weighted by Gasteiger charge is -2.10. The first kappa shape index (κ1) is 19.1. The van der Waals surface area contributed by atoms with Crippen molar-refractivity contribution < 1.29 is 0 Å². The molecular weight excluding hydrogens is 460 g/mol. The Hall–Kier alpha value is -2.22. The molecule has 5 nitrogen and oxygen atoms in total. The zero-order valence-electron chi connectivity index (χ0n) is 15.4. The minimum atomic E-state index is -0.143. The van der Waals surface area contributed by atoms with Crippen LogP contribution < -0.4 is 5.56 Å². The number of halogens is 2. The van der Waals surface area contributed by atoms with Crippen molar-refractivity contribution in [3.8, 4) is 5.69 Å². The average molecular weight is 476 g/mol. The highest BCUT2D eigenvalue weighted by Crippen LogP contribution is 2.30. The second-order valence-electron chi connectivity index (χ2n) is 6.47. The maximum absolute atomic E-state index is 13.0. The van der Waals surface area contributed by atoms with Gasteiger partial charge in [0.25, 0.3) is 5.56 Å². The van der Waals surface area contributed by atoms with Crippen LogP contribution in [0.3, 0.4) is 0 Å². The third-order valence-corrected chi connectivity index (χ3v) is 6.71. The molecule has 0 saturated heterocycles. The number of hydrogen-bond donors (Lipinski definition) is 1. The highest BCUT2D eigenvalue weighted by molar-refractivity contribution is 9.10. The van der Waals surface area contributed by atoms with E-state index in [1.165, 1.54) is 11.3 Å². The molecule has 2 aromatic carbocycles. The van der Waals surface area contributed by atoms with Gasteiger partial charge in [-0.15, -0.1) is 0 Å². The topological polar surface area (TPSA) is 63.0 Å². The summed E-state index contributed by atoms with van der Waals surface area (Å²) >= 11 is 11.0. The number of thiazole rings is 1. The van der Waals surface area contributed by atoms with Gasteiger partial charge in [-0.05, 0) is 62.2 Å². The Labute approximate surface area is 178 Å². The zero-order valence-corrected chi connectivity index (χ0v) is 18.5. The first-order valence-electron chi connectivity index (χ1n) is 8.53. The van der Waals surface area contributed by atoms with Crippen LogP contribution in [0.4, 0.5) is 5.13 Å². The lowest BCUT2D eigenvalue weighted by Crippen LogP contribution is -2.18. The number of fused-ring (bicyclic) bond motifs is 1. The van der Waals surface area contributed by atoms with Crippen molar-refractivity contribution in [1.29, 1.82) is 0 Å². The largest absolute Gasteiger partial charge is 0.295 e. The van der Waals surface area contributed by atoms with Gasteiger partial charge >= 0.3 is 0 Å². The van der Waals surface area contributed by atoms with Crippen molar-refractivity contribution in [3.63, 3.8) is 0 Å². The van der Waals surface area contributed by atoms with E-state index >= 15 is 0 Å². The van der Waals surface area contributed by atoms with E-state index in [2.05, 4.69) is 31.0 Å². The molecule has 2 aromatic heterocycles. The molecule has 0 aliphatic heterocycles. The number of hydrogen-bond acceptors (Lipinski definition) is 4. The van der Waals surface area contributed by atoms with Crippen molar-refractivity contribution in [2.45, 2.75) is 20.8 Å². The van der Waals surface area contributed by atoms with Crippen molar-refractivity contribution in [2.24, 2.45) is 4.99 Å². The average Bonchev–Trinajstić information content (AvgIpc) is 3.18. The normalized spacial score (nSPS) is 11.8. The van der Waals surface area contributed by atoms with Crippen LogP contribution in [0.15, 0.2) is 44.6 Å². The molecule has 0 bridgehead atoms. The number of aromatic amines is 1. The van der Waals surface area contributed by atoms with Gasteiger partial charge in [0.1, 0.15) is 0 Å². The number of aliphatic imine (C=N–C) groups is 1. The molecule has 1 N–H and O–H groups in total. The number of aryl methyl sites for hydroxylation is 1. The fourth-order valence-electron chi connectivity index (χ4n) is 2.96. The number of benzene rings is 2. The van der Waals surface area contributed by atoms with Crippen LogP contribution in [-0.2, 0) is 0 Å². The minimum absolute atomic E-state index is 0.143. The summed E-state index contributed by atoms with van der Waals surface area (Å²) in [6, 6.07) is 9.39. The summed E-state index contributed by atoms with van der Waals surface area (Å²) in [4.78, 5) is 21.9. The molecule has 4 rings (SSSR count). The summed E-state index contributed by atoms with van der Waals surface area (Å²) in [5, 5.41) is 4.40. The van der Waals surface area contributed by atoms with E-state index in [4.69, 9.17) is 11.6 Å². The van der Waals surface area contributed by atoms with Crippen molar-refractivity contribution in [1.82, 2.24) is 14.8 Å². The molecule has 0 spiro atoms. The zero-order chi connectivity index (χ0) is 20.0. The molecule has 0 saturated carbocycles. The molecule has 2 heterocycles. The number of rotatable bonds is 3. The molecular formula is C20H16BrClN4OS. The third kappa shape index (κ3) is 3.34. The molecule has 4 aromatic rings. The second-order valence-corrected chi connectivity index (χ2v) is 8.77. The predicted molar refractivity (Wildman–Crippen MR) is 120 cm³/mol. The van der Waals surface area contributed by atoms with Crippen LogP contribution in [0, 0.1) is 20.8 Å². The number of nitrogens with zero attached hydrogens (tertiary/aromatic N) is 3. The molecule has 0 amide bonds. The number of aromatic nitrogens is 3. The van der Waals surface area contributed by atoms with Crippen molar-refractivity contribution in [2.75, 3.05) is 0 Å². The summed E-state index contributed by atoms with van der Waals surface area (Å²) in [6.45, 7) is 5.88. The van der Waals surface area contributed by atoms with Gasteiger partial charge in [0.2, 0.25) is 5.13 Å². The van der Waals surface area contributed by atoms with Gasteiger partial charge in [0, 0.05) is 21.4 Å². The Morgan fingerprint density at radius 3 is 2.79 bits per heavy atom. The molecule has 0 atom stereocenters. The van der Waals surface area contributed by atoms with Gasteiger partial charge in [-0.3, -0.25) is 9.89 Å². The predicted octanol–water partition coefficient (Wildman–Crippen LogP) is 5.87. The van der Waals surface area contributed by atoms with E-state index in [9.17, 15) is 4.79 Å². The third-order valence-electron chi connectivity index (χ3n) is 4.69. The Balaban J connectivity index is 1.74. The van der Waals surface area contributed by atoms with Crippen LogP contribution >= 0.6 is 38.9 Å².